The van der Waals surface area contributed by atoms with Gasteiger partial charge in [0.25, 0.3) is 0 Å². The zero-order valence-corrected chi connectivity index (χ0v) is 22.4. The molecule has 3 aromatic carbocycles. The lowest BCUT2D eigenvalue weighted by atomic mass is 10.00. The van der Waals surface area contributed by atoms with E-state index >= 15 is 0 Å². The van der Waals surface area contributed by atoms with Crippen molar-refractivity contribution in [3.8, 4) is 5.75 Å². The fraction of sp³-hybridized carbons (Fsp3) is 0.400. The minimum Gasteiger partial charge on any atom is -0.493 e. The van der Waals surface area contributed by atoms with E-state index in [1.165, 1.54) is 11.6 Å². The quantitative estimate of drug-likeness (QED) is 0.267. The number of ether oxygens (including phenoxy) is 1. The molecule has 0 spiro atoms. The number of halogens is 4. The van der Waals surface area contributed by atoms with Gasteiger partial charge >= 0.3 is 6.18 Å². The van der Waals surface area contributed by atoms with Crippen molar-refractivity contribution in [1.29, 1.82) is 0 Å². The summed E-state index contributed by atoms with van der Waals surface area (Å²) in [6.07, 6.45) is -3.75. The van der Waals surface area contributed by atoms with Crippen LogP contribution in [0.3, 0.4) is 0 Å². The van der Waals surface area contributed by atoms with Crippen molar-refractivity contribution in [1.82, 2.24) is 10.2 Å². The molecule has 1 aliphatic rings. The summed E-state index contributed by atoms with van der Waals surface area (Å²) in [5.74, 6) is 1.03. The molecule has 1 heterocycles. The number of piperazine rings is 1. The van der Waals surface area contributed by atoms with E-state index in [1.54, 1.807) is 6.07 Å². The standard InChI is InChI=1S/C30H35ClF3N3O/c1-23(24-8-3-2-4-9-24)21-36(22-25-10-5-13-28(29(25)31)30(32,33)34)16-7-19-38-27-12-6-11-26(20-27)37-17-14-35-15-18-37/h2-6,8-13,20,23,35H,7,14-19,21-22H2,1H3/t23-/m1/s1. The molecule has 0 radical (unpaired) electrons. The third-order valence-corrected chi connectivity index (χ3v) is 7.31. The van der Waals surface area contributed by atoms with E-state index in [0.717, 1.165) is 50.1 Å². The maximum absolute atomic E-state index is 13.4. The van der Waals surface area contributed by atoms with Crippen LogP contribution in [-0.2, 0) is 12.7 Å². The highest BCUT2D eigenvalue weighted by Gasteiger charge is 2.34. The van der Waals surface area contributed by atoms with E-state index in [0.29, 0.717) is 31.8 Å². The molecule has 1 saturated heterocycles. The predicted molar refractivity (Wildman–Crippen MR) is 148 cm³/mol. The number of rotatable bonds is 11. The molecule has 4 nitrogen and oxygen atoms in total. The second-order valence-corrected chi connectivity index (χ2v) is 10.1. The van der Waals surface area contributed by atoms with E-state index in [4.69, 9.17) is 16.3 Å². The van der Waals surface area contributed by atoms with Gasteiger partial charge in [-0.25, -0.2) is 0 Å². The van der Waals surface area contributed by atoms with E-state index in [1.807, 2.05) is 30.3 Å². The molecule has 0 aromatic heterocycles. The molecule has 0 amide bonds. The lowest BCUT2D eigenvalue weighted by Crippen LogP contribution is -2.43. The molecule has 38 heavy (non-hydrogen) atoms. The molecule has 204 valence electrons. The summed E-state index contributed by atoms with van der Waals surface area (Å²) in [5.41, 5.74) is 2.03. The molecule has 0 bridgehead atoms. The van der Waals surface area contributed by atoms with Crippen molar-refractivity contribution in [2.45, 2.75) is 32.0 Å². The third kappa shape index (κ3) is 7.88. The van der Waals surface area contributed by atoms with Crippen LogP contribution < -0.4 is 15.0 Å². The number of benzene rings is 3. The van der Waals surface area contributed by atoms with Crippen LogP contribution in [0.15, 0.2) is 72.8 Å². The Kier molecular flexibility index (Phi) is 9.94. The lowest BCUT2D eigenvalue weighted by molar-refractivity contribution is -0.137. The maximum Gasteiger partial charge on any atom is 0.417 e. The Hall–Kier alpha value is -2.74. The van der Waals surface area contributed by atoms with Gasteiger partial charge in [0.05, 0.1) is 17.2 Å². The fourth-order valence-electron chi connectivity index (χ4n) is 4.84. The minimum absolute atomic E-state index is 0.206. The zero-order chi connectivity index (χ0) is 27.0. The average Bonchev–Trinajstić information content (AvgIpc) is 2.92. The van der Waals surface area contributed by atoms with Gasteiger partial charge in [-0.05, 0) is 41.7 Å². The van der Waals surface area contributed by atoms with Gasteiger partial charge in [0.1, 0.15) is 5.75 Å². The second-order valence-electron chi connectivity index (χ2n) is 9.76. The maximum atomic E-state index is 13.4. The van der Waals surface area contributed by atoms with Crippen LogP contribution in [0.5, 0.6) is 5.75 Å². The molecule has 0 aliphatic carbocycles. The Morgan fingerprint density at radius 2 is 1.74 bits per heavy atom. The van der Waals surface area contributed by atoms with Crippen molar-refractivity contribution < 1.29 is 17.9 Å². The van der Waals surface area contributed by atoms with Gasteiger partial charge in [-0.15, -0.1) is 0 Å². The molecular formula is C30H35ClF3N3O. The molecule has 1 atom stereocenters. The SMILES string of the molecule is C[C@H](CN(CCCOc1cccc(N2CCNCC2)c1)Cc1cccc(C(F)(F)F)c1Cl)c1ccccc1. The number of anilines is 1. The van der Waals surface area contributed by atoms with Crippen molar-refractivity contribution >= 4 is 17.3 Å². The molecule has 4 rings (SSSR count). The Balaban J connectivity index is 1.40. The fourth-order valence-corrected chi connectivity index (χ4v) is 5.14. The van der Waals surface area contributed by atoms with Crippen LogP contribution in [0.4, 0.5) is 18.9 Å². The normalized spacial score (nSPS) is 15.1. The first-order chi connectivity index (χ1) is 18.3. The first kappa shape index (κ1) is 28.3. The Labute approximate surface area is 228 Å². The summed E-state index contributed by atoms with van der Waals surface area (Å²) in [7, 11) is 0. The number of hydrogen-bond donors (Lipinski definition) is 1. The largest absolute Gasteiger partial charge is 0.493 e. The van der Waals surface area contributed by atoms with Gasteiger partial charge < -0.3 is 15.0 Å². The van der Waals surface area contributed by atoms with Crippen molar-refractivity contribution in [2.24, 2.45) is 0 Å². The van der Waals surface area contributed by atoms with Crippen molar-refractivity contribution in [2.75, 3.05) is 50.8 Å². The van der Waals surface area contributed by atoms with E-state index in [2.05, 4.69) is 46.3 Å². The Morgan fingerprint density at radius 3 is 2.47 bits per heavy atom. The van der Waals surface area contributed by atoms with Crippen molar-refractivity contribution in [3.05, 3.63) is 94.5 Å². The van der Waals surface area contributed by atoms with Crippen LogP contribution in [-0.4, -0.2) is 50.8 Å². The van der Waals surface area contributed by atoms with Gasteiger partial charge in [-0.2, -0.15) is 13.2 Å². The smallest absolute Gasteiger partial charge is 0.417 e. The first-order valence-electron chi connectivity index (χ1n) is 13.1. The molecule has 1 N–H and O–H groups in total. The summed E-state index contributed by atoms with van der Waals surface area (Å²) < 4.78 is 46.4. The molecule has 8 heteroatoms. The van der Waals surface area contributed by atoms with E-state index in [9.17, 15) is 13.2 Å². The molecule has 1 fully saturated rings. The van der Waals surface area contributed by atoms with Gasteiger partial charge in [-0.1, -0.05) is 67.1 Å². The molecule has 3 aromatic rings. The van der Waals surface area contributed by atoms with Crippen LogP contribution in [0, 0.1) is 0 Å². The minimum atomic E-state index is -4.48. The molecule has 0 unspecified atom stereocenters. The summed E-state index contributed by atoms with van der Waals surface area (Å²) in [4.78, 5) is 4.51. The van der Waals surface area contributed by atoms with E-state index < -0.39 is 11.7 Å². The molecule has 0 saturated carbocycles. The topological polar surface area (TPSA) is 27.7 Å². The lowest BCUT2D eigenvalue weighted by Gasteiger charge is -2.29. The number of nitrogens with one attached hydrogen (secondary N) is 1. The van der Waals surface area contributed by atoms with Crippen molar-refractivity contribution in [3.63, 3.8) is 0 Å². The first-order valence-corrected chi connectivity index (χ1v) is 13.5. The van der Waals surface area contributed by atoms with Gasteiger partial charge in [0.2, 0.25) is 0 Å². The van der Waals surface area contributed by atoms with E-state index in [-0.39, 0.29) is 10.9 Å². The number of nitrogens with zero attached hydrogens (tertiary/aromatic N) is 2. The van der Waals surface area contributed by atoms with Crippen LogP contribution in [0.25, 0.3) is 0 Å². The molecule has 1 aliphatic heterocycles. The van der Waals surface area contributed by atoms with Crippen LogP contribution >= 0.6 is 11.6 Å². The number of alkyl halides is 3. The highest BCUT2D eigenvalue weighted by molar-refractivity contribution is 6.32. The van der Waals surface area contributed by atoms with Gasteiger partial charge in [0, 0.05) is 57.6 Å². The predicted octanol–water partition coefficient (Wildman–Crippen LogP) is 6.84. The Morgan fingerprint density at radius 1 is 1.00 bits per heavy atom. The van der Waals surface area contributed by atoms with Gasteiger partial charge in [-0.3, -0.25) is 4.90 Å². The Bertz CT molecular complexity index is 1150. The van der Waals surface area contributed by atoms with Crippen LogP contribution in [0.1, 0.15) is 36.0 Å². The van der Waals surface area contributed by atoms with Gasteiger partial charge in [0.15, 0.2) is 0 Å². The highest BCUT2D eigenvalue weighted by Crippen LogP contribution is 2.36. The highest BCUT2D eigenvalue weighted by atomic mass is 35.5. The average molecular weight is 546 g/mol. The third-order valence-electron chi connectivity index (χ3n) is 6.87. The number of hydrogen-bond acceptors (Lipinski definition) is 4. The monoisotopic (exact) mass is 545 g/mol. The summed E-state index contributed by atoms with van der Waals surface area (Å²) in [6, 6.07) is 22.4. The molecular weight excluding hydrogens is 511 g/mol. The summed E-state index contributed by atoms with van der Waals surface area (Å²) in [5, 5.41) is 3.14. The summed E-state index contributed by atoms with van der Waals surface area (Å²) in [6.45, 7) is 8.21. The van der Waals surface area contributed by atoms with Crippen LogP contribution in [0.2, 0.25) is 5.02 Å². The summed E-state index contributed by atoms with van der Waals surface area (Å²) >= 11 is 6.23. The zero-order valence-electron chi connectivity index (χ0n) is 21.7. The second kappa shape index (κ2) is 13.4.